The van der Waals surface area contributed by atoms with Crippen LogP contribution in [-0.4, -0.2) is 30.2 Å². The Morgan fingerprint density at radius 1 is 1.17 bits per heavy atom. The molecule has 1 heterocycles. The summed E-state index contributed by atoms with van der Waals surface area (Å²) in [6, 6.07) is 10.3. The van der Waals surface area contributed by atoms with Crippen molar-refractivity contribution in [2.45, 2.75) is 19.0 Å². The van der Waals surface area contributed by atoms with Gasteiger partial charge in [-0.1, -0.05) is 25.1 Å². The first-order valence-corrected chi connectivity index (χ1v) is 9.14. The van der Waals surface area contributed by atoms with Gasteiger partial charge in [0, 0.05) is 24.9 Å². The highest BCUT2D eigenvalue weighted by Gasteiger charge is 2.57. The van der Waals surface area contributed by atoms with E-state index in [9.17, 15) is 29.0 Å². The van der Waals surface area contributed by atoms with Crippen LogP contribution in [0.2, 0.25) is 0 Å². The zero-order chi connectivity index (χ0) is 21.4. The molecule has 0 spiro atoms. The Morgan fingerprint density at radius 2 is 1.79 bits per heavy atom. The van der Waals surface area contributed by atoms with Gasteiger partial charge in [-0.25, -0.2) is 0 Å². The second-order valence-corrected chi connectivity index (χ2v) is 7.27. The van der Waals surface area contributed by atoms with Crippen molar-refractivity contribution in [3.05, 3.63) is 47.0 Å². The van der Waals surface area contributed by atoms with Crippen LogP contribution in [0.1, 0.15) is 24.0 Å². The topological polar surface area (TPSA) is 98.5 Å². The van der Waals surface area contributed by atoms with Crippen LogP contribution in [0, 0.1) is 56.7 Å². The molecule has 29 heavy (non-hydrogen) atoms. The molecule has 1 fully saturated rings. The minimum absolute atomic E-state index is 0.303. The van der Waals surface area contributed by atoms with Gasteiger partial charge in [-0.2, -0.15) is 29.0 Å². The molecule has 0 aromatic heterocycles. The van der Waals surface area contributed by atoms with Crippen molar-refractivity contribution < 1.29 is 13.2 Å². The van der Waals surface area contributed by atoms with E-state index < -0.39 is 34.9 Å². The Kier molecular flexibility index (Phi) is 5.22. The molecule has 1 N–H and O–H groups in total. The van der Waals surface area contributed by atoms with Crippen molar-refractivity contribution in [1.29, 1.82) is 21.2 Å². The van der Waals surface area contributed by atoms with Gasteiger partial charge in [-0.3, -0.25) is 4.90 Å². The minimum Gasteiger partial charge on any atom is -0.305 e. The molecule has 1 aliphatic carbocycles. The summed E-state index contributed by atoms with van der Waals surface area (Å²) in [6.07, 6.45) is -2.64. The van der Waals surface area contributed by atoms with Gasteiger partial charge < -0.3 is 5.41 Å². The third kappa shape index (κ3) is 3.18. The molecule has 0 radical (unpaired) electrons. The van der Waals surface area contributed by atoms with E-state index in [0.717, 1.165) is 12.1 Å². The Labute approximate surface area is 166 Å². The van der Waals surface area contributed by atoms with Crippen LogP contribution in [0.5, 0.6) is 0 Å². The molecular weight excluding hydrogens is 379 g/mol. The van der Waals surface area contributed by atoms with Crippen LogP contribution < -0.4 is 0 Å². The summed E-state index contributed by atoms with van der Waals surface area (Å²) in [4.78, 5) is 2.08. The van der Waals surface area contributed by atoms with Crippen LogP contribution in [0.15, 0.2) is 35.9 Å². The number of alkyl halides is 3. The Bertz CT molecular complexity index is 958. The van der Waals surface area contributed by atoms with E-state index in [-0.39, 0.29) is 5.71 Å². The SMILES string of the molecule is CCN1CC=C2C(C#N)C(=N)C(C#N)(C#N)[C@H](c3ccc(C(F)(F)F)cc3)[C@@H]2C1. The molecule has 8 heteroatoms. The number of nitrogens with zero attached hydrogens (tertiary/aromatic N) is 4. The third-order valence-corrected chi connectivity index (χ3v) is 5.91. The summed E-state index contributed by atoms with van der Waals surface area (Å²) in [6.45, 7) is 3.71. The third-order valence-electron chi connectivity index (χ3n) is 5.91. The van der Waals surface area contributed by atoms with Gasteiger partial charge in [0.1, 0.15) is 5.92 Å². The second-order valence-electron chi connectivity index (χ2n) is 7.27. The molecule has 1 aromatic carbocycles. The van der Waals surface area contributed by atoms with Crippen molar-refractivity contribution in [2.24, 2.45) is 17.3 Å². The first-order chi connectivity index (χ1) is 13.7. The molecule has 0 saturated heterocycles. The predicted octanol–water partition coefficient (Wildman–Crippen LogP) is 3.87. The molecule has 0 amide bonds. The lowest BCUT2D eigenvalue weighted by molar-refractivity contribution is -0.137. The summed E-state index contributed by atoms with van der Waals surface area (Å²) in [5.74, 6) is -2.24. The standard InChI is InChI=1S/C21H18F3N5/c1-2-29-8-7-15-16(9-25)19(28)20(11-26,12-27)18(17(15)10-29)13-3-5-14(6-4-13)21(22,23)24/h3-7,16-18,28H,2,8,10H2,1H3/t16?,17-,18-/m1/s1. The Hall–Kier alpha value is -3.15. The van der Waals surface area contributed by atoms with E-state index >= 15 is 0 Å². The number of rotatable bonds is 2. The first-order valence-electron chi connectivity index (χ1n) is 9.14. The predicted molar refractivity (Wildman–Crippen MR) is 98.4 cm³/mol. The monoisotopic (exact) mass is 397 g/mol. The maximum absolute atomic E-state index is 13.0. The van der Waals surface area contributed by atoms with Gasteiger partial charge in [0.25, 0.3) is 0 Å². The molecule has 0 bridgehead atoms. The van der Waals surface area contributed by atoms with Gasteiger partial charge >= 0.3 is 6.18 Å². The van der Waals surface area contributed by atoms with E-state index in [2.05, 4.69) is 4.90 Å². The average Bonchev–Trinajstić information content (AvgIpc) is 2.72. The van der Waals surface area contributed by atoms with Crippen molar-refractivity contribution in [3.8, 4) is 18.2 Å². The fraction of sp³-hybridized carbons (Fsp3) is 0.429. The number of nitriles is 3. The van der Waals surface area contributed by atoms with E-state index in [1.165, 1.54) is 12.1 Å². The summed E-state index contributed by atoms with van der Waals surface area (Å²) < 4.78 is 38.9. The number of halogens is 3. The number of hydrogen-bond donors (Lipinski definition) is 1. The van der Waals surface area contributed by atoms with E-state index in [1.807, 2.05) is 31.2 Å². The normalized spacial score (nSPS) is 26.4. The summed E-state index contributed by atoms with van der Waals surface area (Å²) in [5.41, 5.74) is -1.98. The zero-order valence-corrected chi connectivity index (χ0v) is 15.7. The lowest BCUT2D eigenvalue weighted by Gasteiger charge is -2.47. The largest absolute Gasteiger partial charge is 0.416 e. The van der Waals surface area contributed by atoms with Crippen LogP contribution >= 0.6 is 0 Å². The van der Waals surface area contributed by atoms with Crippen molar-refractivity contribution in [1.82, 2.24) is 4.90 Å². The van der Waals surface area contributed by atoms with Gasteiger partial charge in [0.2, 0.25) is 0 Å². The van der Waals surface area contributed by atoms with Crippen LogP contribution in [0.25, 0.3) is 0 Å². The maximum atomic E-state index is 13.0. The van der Waals surface area contributed by atoms with E-state index in [0.29, 0.717) is 30.8 Å². The molecule has 1 unspecified atom stereocenters. The van der Waals surface area contributed by atoms with Gasteiger partial charge in [0.15, 0.2) is 5.41 Å². The number of benzene rings is 1. The minimum atomic E-state index is -4.50. The molecule has 5 nitrogen and oxygen atoms in total. The molecule has 2 aliphatic rings. The molecule has 1 aromatic rings. The Morgan fingerprint density at radius 3 is 2.28 bits per heavy atom. The highest BCUT2D eigenvalue weighted by Crippen LogP contribution is 2.53. The van der Waals surface area contributed by atoms with Crippen molar-refractivity contribution >= 4 is 5.71 Å². The fourth-order valence-electron chi connectivity index (χ4n) is 4.38. The van der Waals surface area contributed by atoms with Crippen molar-refractivity contribution in [2.75, 3.05) is 19.6 Å². The summed E-state index contributed by atoms with van der Waals surface area (Å²) in [7, 11) is 0. The molecule has 1 saturated carbocycles. The van der Waals surface area contributed by atoms with Crippen molar-refractivity contribution in [3.63, 3.8) is 0 Å². The molecule has 3 atom stereocenters. The number of hydrogen-bond acceptors (Lipinski definition) is 5. The fourth-order valence-corrected chi connectivity index (χ4v) is 4.38. The van der Waals surface area contributed by atoms with Gasteiger partial charge in [-0.05, 0) is 29.8 Å². The Balaban J connectivity index is 2.20. The molecule has 3 rings (SSSR count). The first kappa shape index (κ1) is 20.6. The average molecular weight is 397 g/mol. The lowest BCUT2D eigenvalue weighted by Crippen LogP contribution is -2.52. The highest BCUT2D eigenvalue weighted by molar-refractivity contribution is 6.00. The quantitative estimate of drug-likeness (QED) is 0.766. The maximum Gasteiger partial charge on any atom is 0.416 e. The van der Waals surface area contributed by atoms with Crippen LogP contribution in [0.4, 0.5) is 13.2 Å². The van der Waals surface area contributed by atoms with E-state index in [4.69, 9.17) is 5.41 Å². The van der Waals surface area contributed by atoms with E-state index in [1.54, 1.807) is 0 Å². The van der Waals surface area contributed by atoms with Gasteiger partial charge in [0.05, 0.1) is 29.5 Å². The highest BCUT2D eigenvalue weighted by atomic mass is 19.4. The lowest BCUT2D eigenvalue weighted by atomic mass is 9.54. The molecule has 148 valence electrons. The van der Waals surface area contributed by atoms with Crippen LogP contribution in [0.3, 0.4) is 0 Å². The smallest absolute Gasteiger partial charge is 0.305 e. The summed E-state index contributed by atoms with van der Waals surface area (Å²) >= 11 is 0. The summed E-state index contributed by atoms with van der Waals surface area (Å²) in [5, 5.41) is 38.0. The molecular formula is C21H18F3N5. The number of fused-ring (bicyclic) bond motifs is 1. The van der Waals surface area contributed by atoms with Crippen LogP contribution in [-0.2, 0) is 6.18 Å². The second kappa shape index (κ2) is 7.35. The van der Waals surface area contributed by atoms with Gasteiger partial charge in [-0.15, -0.1) is 0 Å². The number of likely N-dealkylation sites (N-methyl/N-ethyl adjacent to an activating group) is 1. The zero-order valence-electron chi connectivity index (χ0n) is 15.7. The number of nitrogens with one attached hydrogen (secondary N) is 1. The molecule has 1 aliphatic heterocycles.